The number of hydrogen-bond donors (Lipinski definition) is 1. The highest BCUT2D eigenvalue weighted by Crippen LogP contribution is 2.25. The minimum atomic E-state index is 0.615. The summed E-state index contributed by atoms with van der Waals surface area (Å²) in [6.45, 7) is 6.66. The zero-order chi connectivity index (χ0) is 10.1. The van der Waals surface area contributed by atoms with Crippen LogP contribution in [0.2, 0.25) is 0 Å². The Bertz CT molecular complexity index is 324. The van der Waals surface area contributed by atoms with Gasteiger partial charge in [-0.15, -0.1) is 0 Å². The van der Waals surface area contributed by atoms with E-state index in [9.17, 15) is 0 Å². The Labute approximate surface area is 84.9 Å². The first-order valence-corrected chi connectivity index (χ1v) is 5.12. The van der Waals surface area contributed by atoms with E-state index in [0.29, 0.717) is 11.9 Å². The summed E-state index contributed by atoms with van der Waals surface area (Å²) in [5, 5.41) is 0. The van der Waals surface area contributed by atoms with Crippen molar-refractivity contribution in [3.63, 3.8) is 0 Å². The second-order valence-electron chi connectivity index (χ2n) is 4.20. The van der Waals surface area contributed by atoms with Crippen LogP contribution >= 0.6 is 0 Å². The smallest absolute Gasteiger partial charge is 0.123 e. The van der Waals surface area contributed by atoms with Crippen molar-refractivity contribution in [3.05, 3.63) is 23.9 Å². The maximum Gasteiger partial charge on any atom is 0.123 e. The van der Waals surface area contributed by atoms with Crippen LogP contribution in [0.3, 0.4) is 0 Å². The van der Waals surface area contributed by atoms with Gasteiger partial charge < -0.3 is 5.73 Å². The number of nitrogens with two attached hydrogens (primary N) is 1. The molecule has 76 valence electrons. The third-order valence-corrected chi connectivity index (χ3v) is 3.12. The molecule has 1 aromatic heterocycles. The van der Waals surface area contributed by atoms with E-state index in [4.69, 9.17) is 5.73 Å². The van der Waals surface area contributed by atoms with Crippen LogP contribution < -0.4 is 5.73 Å². The normalized spacial score (nSPS) is 27.3. The fraction of sp³-hybridized carbons (Fsp3) is 0.545. The molecule has 0 bridgehead atoms. The molecule has 2 unspecified atom stereocenters. The summed E-state index contributed by atoms with van der Waals surface area (Å²) in [4.78, 5) is 6.71. The summed E-state index contributed by atoms with van der Waals surface area (Å²) in [5.74, 6) is 1.43. The molecule has 1 fully saturated rings. The Morgan fingerprint density at radius 2 is 2.29 bits per heavy atom. The Hall–Kier alpha value is -1.09. The van der Waals surface area contributed by atoms with E-state index in [2.05, 4.69) is 23.7 Å². The van der Waals surface area contributed by atoms with Crippen LogP contribution in [0.4, 0.5) is 5.82 Å². The van der Waals surface area contributed by atoms with E-state index in [0.717, 1.165) is 18.2 Å². The van der Waals surface area contributed by atoms with Crippen molar-refractivity contribution >= 4 is 5.82 Å². The van der Waals surface area contributed by atoms with Gasteiger partial charge in [0.25, 0.3) is 0 Å². The predicted molar refractivity (Wildman–Crippen MR) is 57.7 cm³/mol. The molecule has 2 heterocycles. The molecule has 2 rings (SSSR count). The van der Waals surface area contributed by atoms with Crippen molar-refractivity contribution in [1.29, 1.82) is 0 Å². The lowest BCUT2D eigenvalue weighted by atomic mass is 9.92. The quantitative estimate of drug-likeness (QED) is 0.770. The average Bonchev–Trinajstić information content (AvgIpc) is 2.17. The third-order valence-electron chi connectivity index (χ3n) is 3.12. The number of nitrogen functional groups attached to an aromatic ring is 1. The van der Waals surface area contributed by atoms with Gasteiger partial charge in [-0.05, 0) is 25.0 Å². The summed E-state index contributed by atoms with van der Waals surface area (Å²) < 4.78 is 0. The van der Waals surface area contributed by atoms with Crippen LogP contribution in [0, 0.1) is 5.92 Å². The fourth-order valence-electron chi connectivity index (χ4n) is 1.91. The second kappa shape index (κ2) is 3.58. The van der Waals surface area contributed by atoms with E-state index in [1.54, 1.807) is 0 Å². The van der Waals surface area contributed by atoms with E-state index in [1.165, 1.54) is 6.54 Å². The summed E-state index contributed by atoms with van der Waals surface area (Å²) >= 11 is 0. The standard InChI is InChI=1S/C11H17N3/c1-8-6-14(9(8)2)7-10-4-3-5-11(12)13-10/h3-5,8-9H,6-7H2,1-2H3,(H2,12,13). The fourth-order valence-corrected chi connectivity index (χ4v) is 1.91. The van der Waals surface area contributed by atoms with Crippen LogP contribution in [0.25, 0.3) is 0 Å². The molecule has 3 nitrogen and oxygen atoms in total. The van der Waals surface area contributed by atoms with Gasteiger partial charge in [-0.25, -0.2) is 4.98 Å². The molecule has 14 heavy (non-hydrogen) atoms. The molecule has 0 spiro atoms. The molecule has 0 radical (unpaired) electrons. The summed E-state index contributed by atoms with van der Waals surface area (Å²) in [6.07, 6.45) is 0. The SMILES string of the molecule is CC1CN(Cc2cccc(N)n2)C1C. The van der Waals surface area contributed by atoms with Crippen LogP contribution in [-0.2, 0) is 6.54 Å². The zero-order valence-corrected chi connectivity index (χ0v) is 8.77. The lowest BCUT2D eigenvalue weighted by Gasteiger charge is -2.44. The van der Waals surface area contributed by atoms with E-state index in [-0.39, 0.29) is 0 Å². The van der Waals surface area contributed by atoms with Crippen LogP contribution in [0.15, 0.2) is 18.2 Å². The maximum atomic E-state index is 5.63. The maximum absolute atomic E-state index is 5.63. The van der Waals surface area contributed by atoms with Crippen molar-refractivity contribution in [1.82, 2.24) is 9.88 Å². The molecule has 3 heteroatoms. The van der Waals surface area contributed by atoms with Gasteiger partial charge in [0.2, 0.25) is 0 Å². The van der Waals surface area contributed by atoms with E-state index >= 15 is 0 Å². The monoisotopic (exact) mass is 191 g/mol. The van der Waals surface area contributed by atoms with Crippen LogP contribution in [0.1, 0.15) is 19.5 Å². The van der Waals surface area contributed by atoms with Gasteiger partial charge in [-0.1, -0.05) is 13.0 Å². The molecule has 1 saturated heterocycles. The Morgan fingerprint density at radius 1 is 1.50 bits per heavy atom. The topological polar surface area (TPSA) is 42.1 Å². The van der Waals surface area contributed by atoms with Crippen LogP contribution in [0.5, 0.6) is 0 Å². The van der Waals surface area contributed by atoms with Crippen molar-refractivity contribution in [2.24, 2.45) is 5.92 Å². The van der Waals surface area contributed by atoms with Gasteiger partial charge in [-0.2, -0.15) is 0 Å². The summed E-state index contributed by atoms with van der Waals surface area (Å²) in [6, 6.07) is 6.50. The molecule has 0 aliphatic carbocycles. The Balaban J connectivity index is 1.98. The van der Waals surface area contributed by atoms with Gasteiger partial charge in [0.15, 0.2) is 0 Å². The van der Waals surface area contributed by atoms with Crippen molar-refractivity contribution in [2.45, 2.75) is 26.4 Å². The van der Waals surface area contributed by atoms with Gasteiger partial charge in [0.1, 0.15) is 5.82 Å². The average molecular weight is 191 g/mol. The lowest BCUT2D eigenvalue weighted by molar-refractivity contribution is 0.0295. The number of rotatable bonds is 2. The van der Waals surface area contributed by atoms with Gasteiger partial charge in [-0.3, -0.25) is 4.90 Å². The van der Waals surface area contributed by atoms with Crippen LogP contribution in [-0.4, -0.2) is 22.5 Å². The highest BCUT2D eigenvalue weighted by molar-refractivity contribution is 5.28. The molecule has 1 aromatic rings. The number of likely N-dealkylation sites (tertiary alicyclic amines) is 1. The lowest BCUT2D eigenvalue weighted by Crippen LogP contribution is -2.52. The van der Waals surface area contributed by atoms with Gasteiger partial charge in [0.05, 0.1) is 5.69 Å². The zero-order valence-electron chi connectivity index (χ0n) is 8.77. The largest absolute Gasteiger partial charge is 0.384 e. The summed E-state index contributed by atoms with van der Waals surface area (Å²) in [5.41, 5.74) is 6.70. The Kier molecular flexibility index (Phi) is 2.42. The second-order valence-corrected chi connectivity index (χ2v) is 4.20. The molecule has 0 saturated carbocycles. The highest BCUT2D eigenvalue weighted by Gasteiger charge is 2.31. The van der Waals surface area contributed by atoms with E-state index < -0.39 is 0 Å². The molecular formula is C11H17N3. The first-order chi connectivity index (χ1) is 6.66. The molecule has 0 amide bonds. The first-order valence-electron chi connectivity index (χ1n) is 5.12. The molecule has 2 N–H and O–H groups in total. The van der Waals surface area contributed by atoms with Gasteiger partial charge >= 0.3 is 0 Å². The molecule has 0 aromatic carbocycles. The highest BCUT2D eigenvalue weighted by atomic mass is 15.2. The minimum Gasteiger partial charge on any atom is -0.384 e. The van der Waals surface area contributed by atoms with E-state index in [1.807, 2.05) is 18.2 Å². The molecular weight excluding hydrogens is 174 g/mol. The number of nitrogens with zero attached hydrogens (tertiary/aromatic N) is 2. The van der Waals surface area contributed by atoms with Gasteiger partial charge in [0, 0.05) is 19.1 Å². The van der Waals surface area contributed by atoms with Crippen molar-refractivity contribution in [2.75, 3.05) is 12.3 Å². The number of pyridine rings is 1. The number of anilines is 1. The third kappa shape index (κ3) is 1.73. The molecule has 1 aliphatic rings. The first kappa shape index (κ1) is 9.46. The molecule has 1 aliphatic heterocycles. The van der Waals surface area contributed by atoms with Crippen molar-refractivity contribution in [3.8, 4) is 0 Å². The predicted octanol–water partition coefficient (Wildman–Crippen LogP) is 1.50. The minimum absolute atomic E-state index is 0.615. The Morgan fingerprint density at radius 3 is 2.86 bits per heavy atom. The number of aromatic nitrogens is 1. The molecule has 2 atom stereocenters. The van der Waals surface area contributed by atoms with Crippen molar-refractivity contribution < 1.29 is 0 Å². The summed E-state index contributed by atoms with van der Waals surface area (Å²) in [7, 11) is 0. The number of hydrogen-bond acceptors (Lipinski definition) is 3.